The number of aromatic nitrogens is 2. The van der Waals surface area contributed by atoms with E-state index < -0.39 is 0 Å². The first-order valence-corrected chi connectivity index (χ1v) is 7.89. The van der Waals surface area contributed by atoms with Crippen molar-refractivity contribution in [2.45, 2.75) is 32.6 Å². The topological polar surface area (TPSA) is 59.4 Å². The summed E-state index contributed by atoms with van der Waals surface area (Å²) >= 11 is 0. The van der Waals surface area contributed by atoms with Gasteiger partial charge in [0.25, 0.3) is 0 Å². The van der Waals surface area contributed by atoms with Gasteiger partial charge in [-0.1, -0.05) is 12.1 Å². The van der Waals surface area contributed by atoms with Gasteiger partial charge in [-0.3, -0.25) is 0 Å². The van der Waals surface area contributed by atoms with Gasteiger partial charge in [-0.25, -0.2) is 9.48 Å². The highest BCUT2D eigenvalue weighted by Gasteiger charge is 2.25. The third-order valence-electron chi connectivity index (χ3n) is 3.86. The number of ether oxygens (including phenoxy) is 1. The Kier molecular flexibility index (Phi) is 4.62. The summed E-state index contributed by atoms with van der Waals surface area (Å²) in [5.41, 5.74) is 2.06. The van der Waals surface area contributed by atoms with E-state index in [9.17, 15) is 4.79 Å². The van der Waals surface area contributed by atoms with Crippen LogP contribution in [0.2, 0.25) is 0 Å². The van der Waals surface area contributed by atoms with Gasteiger partial charge in [0.1, 0.15) is 0 Å². The maximum absolute atomic E-state index is 12.3. The van der Waals surface area contributed by atoms with Crippen LogP contribution in [-0.2, 0) is 11.3 Å². The van der Waals surface area contributed by atoms with Gasteiger partial charge in [0.15, 0.2) is 0 Å². The van der Waals surface area contributed by atoms with Crippen LogP contribution in [0.3, 0.4) is 0 Å². The van der Waals surface area contributed by atoms with Crippen molar-refractivity contribution < 1.29 is 9.53 Å². The lowest BCUT2D eigenvalue weighted by atomic mass is 10.2. The summed E-state index contributed by atoms with van der Waals surface area (Å²) in [7, 11) is 0. The number of rotatable bonds is 3. The highest BCUT2D eigenvalue weighted by Crippen LogP contribution is 2.11. The largest absolute Gasteiger partial charge is 0.372 e. The van der Waals surface area contributed by atoms with Gasteiger partial charge in [0.2, 0.25) is 0 Å². The molecule has 1 aromatic carbocycles. The number of urea groups is 1. The summed E-state index contributed by atoms with van der Waals surface area (Å²) in [6.07, 6.45) is 3.81. The van der Waals surface area contributed by atoms with E-state index in [1.54, 1.807) is 10.9 Å². The zero-order chi connectivity index (χ0) is 16.2. The molecule has 2 amide bonds. The molecule has 1 N–H and O–H groups in total. The molecule has 3 rings (SSSR count). The summed E-state index contributed by atoms with van der Waals surface area (Å²) in [5, 5.41) is 7.17. The standard InChI is InChI=1S/C17H22N4O2/c1-13-11-20(12-14(2)23-13)17(22)18-10-15-4-6-16(7-5-15)21-9-3-8-19-21/h3-9,13-14H,10-12H2,1-2H3,(H,18,22)/t13-,14+. The lowest BCUT2D eigenvalue weighted by Crippen LogP contribution is -2.51. The van der Waals surface area contributed by atoms with Crippen molar-refractivity contribution >= 4 is 6.03 Å². The molecule has 122 valence electrons. The Balaban J connectivity index is 1.54. The van der Waals surface area contributed by atoms with Gasteiger partial charge in [-0.15, -0.1) is 0 Å². The van der Waals surface area contributed by atoms with E-state index in [0.717, 1.165) is 11.3 Å². The Hall–Kier alpha value is -2.34. The zero-order valence-corrected chi connectivity index (χ0v) is 13.5. The molecule has 2 heterocycles. The van der Waals surface area contributed by atoms with E-state index >= 15 is 0 Å². The number of hydrogen-bond donors (Lipinski definition) is 1. The molecule has 1 fully saturated rings. The SMILES string of the molecule is C[C@@H]1CN(C(=O)NCc2ccc(-n3cccn3)cc2)C[C@H](C)O1. The molecular formula is C17H22N4O2. The second-order valence-corrected chi connectivity index (χ2v) is 5.94. The molecular weight excluding hydrogens is 292 g/mol. The molecule has 0 spiro atoms. The number of carbonyl (C=O) groups is 1. The number of hydrogen-bond acceptors (Lipinski definition) is 3. The molecule has 0 radical (unpaired) electrons. The van der Waals surface area contributed by atoms with Crippen molar-refractivity contribution in [2.24, 2.45) is 0 Å². The molecule has 0 unspecified atom stereocenters. The van der Waals surface area contributed by atoms with Gasteiger partial charge in [-0.05, 0) is 37.6 Å². The first kappa shape index (κ1) is 15.6. The minimum Gasteiger partial charge on any atom is -0.372 e. The second-order valence-electron chi connectivity index (χ2n) is 5.94. The van der Waals surface area contributed by atoms with E-state index in [4.69, 9.17) is 4.74 Å². The number of carbonyl (C=O) groups excluding carboxylic acids is 1. The third kappa shape index (κ3) is 3.90. The quantitative estimate of drug-likeness (QED) is 0.945. The van der Waals surface area contributed by atoms with E-state index in [2.05, 4.69) is 10.4 Å². The highest BCUT2D eigenvalue weighted by molar-refractivity contribution is 5.74. The molecule has 1 aliphatic rings. The second kappa shape index (κ2) is 6.83. The van der Waals surface area contributed by atoms with Crippen molar-refractivity contribution in [3.05, 3.63) is 48.3 Å². The molecule has 23 heavy (non-hydrogen) atoms. The molecule has 0 bridgehead atoms. The van der Waals surface area contributed by atoms with Crippen LogP contribution in [0.5, 0.6) is 0 Å². The molecule has 1 aliphatic heterocycles. The van der Waals surface area contributed by atoms with Crippen molar-refractivity contribution in [1.29, 1.82) is 0 Å². The maximum Gasteiger partial charge on any atom is 0.317 e. The average Bonchev–Trinajstić information content (AvgIpc) is 3.06. The fourth-order valence-corrected chi connectivity index (χ4v) is 2.82. The lowest BCUT2D eigenvalue weighted by Gasteiger charge is -2.35. The Bertz CT molecular complexity index is 629. The molecule has 2 aromatic rings. The number of amides is 2. The van der Waals surface area contributed by atoms with Crippen LogP contribution < -0.4 is 5.32 Å². The maximum atomic E-state index is 12.3. The Morgan fingerprint density at radius 2 is 1.96 bits per heavy atom. The number of nitrogens with zero attached hydrogens (tertiary/aromatic N) is 3. The van der Waals surface area contributed by atoms with Gasteiger partial charge in [0.05, 0.1) is 17.9 Å². The summed E-state index contributed by atoms with van der Waals surface area (Å²) < 4.78 is 7.45. The molecule has 1 aromatic heterocycles. The Morgan fingerprint density at radius 1 is 1.26 bits per heavy atom. The Morgan fingerprint density at radius 3 is 2.57 bits per heavy atom. The van der Waals surface area contributed by atoms with Crippen LogP contribution in [0.25, 0.3) is 5.69 Å². The Labute approximate surface area is 136 Å². The number of benzene rings is 1. The molecule has 1 saturated heterocycles. The lowest BCUT2D eigenvalue weighted by molar-refractivity contribution is -0.0545. The van der Waals surface area contributed by atoms with Crippen LogP contribution in [-0.4, -0.2) is 46.0 Å². The van der Waals surface area contributed by atoms with Crippen molar-refractivity contribution in [1.82, 2.24) is 20.0 Å². The van der Waals surface area contributed by atoms with E-state index in [1.807, 2.05) is 55.3 Å². The summed E-state index contributed by atoms with van der Waals surface area (Å²) in [6.45, 7) is 5.76. The molecule has 0 saturated carbocycles. The van der Waals surface area contributed by atoms with E-state index in [0.29, 0.717) is 19.6 Å². The normalized spacial score (nSPS) is 21.2. The van der Waals surface area contributed by atoms with Gasteiger partial charge in [0, 0.05) is 32.0 Å². The van der Waals surface area contributed by atoms with Crippen LogP contribution in [0, 0.1) is 0 Å². The summed E-state index contributed by atoms with van der Waals surface area (Å²) in [4.78, 5) is 14.1. The van der Waals surface area contributed by atoms with Crippen molar-refractivity contribution in [3.63, 3.8) is 0 Å². The first-order chi connectivity index (χ1) is 11.1. The van der Waals surface area contributed by atoms with E-state index in [-0.39, 0.29) is 18.2 Å². The summed E-state index contributed by atoms with van der Waals surface area (Å²) in [6, 6.07) is 9.84. The van der Waals surface area contributed by atoms with Crippen molar-refractivity contribution in [2.75, 3.05) is 13.1 Å². The minimum atomic E-state index is -0.0387. The predicted octanol–water partition coefficient (Wildman–Crippen LogP) is 2.19. The number of nitrogens with one attached hydrogen (secondary N) is 1. The molecule has 0 aliphatic carbocycles. The average molecular weight is 314 g/mol. The summed E-state index contributed by atoms with van der Waals surface area (Å²) in [5.74, 6) is 0. The van der Waals surface area contributed by atoms with Crippen LogP contribution >= 0.6 is 0 Å². The van der Waals surface area contributed by atoms with Crippen LogP contribution in [0.1, 0.15) is 19.4 Å². The van der Waals surface area contributed by atoms with E-state index in [1.165, 1.54) is 0 Å². The zero-order valence-electron chi connectivity index (χ0n) is 13.5. The number of morpholine rings is 1. The van der Waals surface area contributed by atoms with Crippen LogP contribution in [0.4, 0.5) is 4.79 Å². The third-order valence-corrected chi connectivity index (χ3v) is 3.86. The molecule has 6 nitrogen and oxygen atoms in total. The first-order valence-electron chi connectivity index (χ1n) is 7.89. The minimum absolute atomic E-state index is 0.0387. The van der Waals surface area contributed by atoms with Crippen molar-refractivity contribution in [3.8, 4) is 5.69 Å². The van der Waals surface area contributed by atoms with Gasteiger partial charge < -0.3 is 15.0 Å². The van der Waals surface area contributed by atoms with Gasteiger partial charge >= 0.3 is 6.03 Å². The van der Waals surface area contributed by atoms with Gasteiger partial charge in [-0.2, -0.15) is 5.10 Å². The highest BCUT2D eigenvalue weighted by atomic mass is 16.5. The van der Waals surface area contributed by atoms with Crippen LogP contribution in [0.15, 0.2) is 42.7 Å². The monoisotopic (exact) mass is 314 g/mol. The molecule has 6 heteroatoms. The fourth-order valence-electron chi connectivity index (χ4n) is 2.82. The smallest absolute Gasteiger partial charge is 0.317 e. The molecule has 2 atom stereocenters. The predicted molar refractivity (Wildman–Crippen MR) is 87.4 cm³/mol. The fraction of sp³-hybridized carbons (Fsp3) is 0.412.